The summed E-state index contributed by atoms with van der Waals surface area (Å²) >= 11 is 6.03. The van der Waals surface area contributed by atoms with Crippen molar-refractivity contribution in [3.05, 3.63) is 58.9 Å². The second-order valence-corrected chi connectivity index (χ2v) is 6.28. The molecule has 0 saturated heterocycles. The van der Waals surface area contributed by atoms with Crippen molar-refractivity contribution in [1.82, 2.24) is 4.90 Å². The van der Waals surface area contributed by atoms with Gasteiger partial charge in [-0.1, -0.05) is 30.7 Å². The van der Waals surface area contributed by atoms with Gasteiger partial charge >= 0.3 is 0 Å². The lowest BCUT2D eigenvalue weighted by Gasteiger charge is -2.31. The van der Waals surface area contributed by atoms with Crippen molar-refractivity contribution in [3.8, 4) is 11.5 Å². The second kappa shape index (κ2) is 7.74. The van der Waals surface area contributed by atoms with Crippen LogP contribution in [0.1, 0.15) is 23.7 Å². The van der Waals surface area contributed by atoms with Crippen LogP contribution in [-0.2, 0) is 0 Å². The summed E-state index contributed by atoms with van der Waals surface area (Å²) in [6.45, 7) is 3.27. The number of amides is 1. The van der Waals surface area contributed by atoms with Gasteiger partial charge in [-0.15, -0.1) is 0 Å². The molecule has 0 bridgehead atoms. The van der Waals surface area contributed by atoms with Crippen molar-refractivity contribution in [1.29, 1.82) is 0 Å². The van der Waals surface area contributed by atoms with Crippen LogP contribution < -0.4 is 9.47 Å². The largest absolute Gasteiger partial charge is 0.486 e. The highest BCUT2D eigenvalue weighted by Crippen LogP contribution is 2.31. The summed E-state index contributed by atoms with van der Waals surface area (Å²) in [5, 5.41) is 0.109. The third kappa shape index (κ3) is 4.04. The molecule has 6 heteroatoms. The molecule has 0 spiro atoms. The summed E-state index contributed by atoms with van der Waals surface area (Å²) in [7, 11) is 0. The summed E-state index contributed by atoms with van der Waals surface area (Å²) in [6.07, 6.45) is 0.513. The van der Waals surface area contributed by atoms with Crippen molar-refractivity contribution >= 4 is 17.5 Å². The first-order valence-electron chi connectivity index (χ1n) is 8.21. The molecule has 132 valence electrons. The lowest BCUT2D eigenvalue weighted by atomic mass is 10.1. The first kappa shape index (κ1) is 17.5. The summed E-state index contributed by atoms with van der Waals surface area (Å²) in [6, 6.07) is 11.2. The van der Waals surface area contributed by atoms with E-state index in [0.717, 1.165) is 12.5 Å². The number of carbonyl (C=O) groups is 1. The van der Waals surface area contributed by atoms with E-state index < -0.39 is 5.82 Å². The highest BCUT2D eigenvalue weighted by molar-refractivity contribution is 6.33. The summed E-state index contributed by atoms with van der Waals surface area (Å²) in [5.41, 5.74) is 0.286. The van der Waals surface area contributed by atoms with Crippen molar-refractivity contribution in [3.63, 3.8) is 0 Å². The third-order valence-electron chi connectivity index (χ3n) is 3.93. The zero-order chi connectivity index (χ0) is 17.8. The fourth-order valence-electron chi connectivity index (χ4n) is 2.78. The van der Waals surface area contributed by atoms with E-state index in [4.69, 9.17) is 21.1 Å². The predicted molar refractivity (Wildman–Crippen MR) is 94.0 cm³/mol. The van der Waals surface area contributed by atoms with Crippen molar-refractivity contribution in [2.24, 2.45) is 0 Å². The van der Waals surface area contributed by atoms with Gasteiger partial charge in [0.05, 0.1) is 17.1 Å². The van der Waals surface area contributed by atoms with Gasteiger partial charge in [0.1, 0.15) is 12.4 Å². The van der Waals surface area contributed by atoms with Gasteiger partial charge in [-0.3, -0.25) is 4.79 Å². The molecule has 0 fully saturated rings. The monoisotopic (exact) mass is 363 g/mol. The van der Waals surface area contributed by atoms with E-state index >= 15 is 0 Å². The first-order chi connectivity index (χ1) is 12.1. The number of rotatable bonds is 5. The van der Waals surface area contributed by atoms with Crippen LogP contribution in [0.4, 0.5) is 4.39 Å². The van der Waals surface area contributed by atoms with Gasteiger partial charge < -0.3 is 14.4 Å². The molecule has 0 aromatic heterocycles. The van der Waals surface area contributed by atoms with Crippen LogP contribution in [0.15, 0.2) is 42.5 Å². The zero-order valence-corrected chi connectivity index (χ0v) is 14.6. The Morgan fingerprint density at radius 1 is 1.28 bits per heavy atom. The molecule has 1 aliphatic heterocycles. The summed E-state index contributed by atoms with van der Waals surface area (Å²) in [4.78, 5) is 14.5. The molecular weight excluding hydrogens is 345 g/mol. The SMILES string of the molecule is CCCN(CC1COc2ccccc2O1)C(=O)c1ccc(F)cc1Cl. The number of ether oxygens (including phenoxy) is 2. The second-order valence-electron chi connectivity index (χ2n) is 5.87. The molecule has 0 saturated carbocycles. The Labute approximate surface area is 151 Å². The lowest BCUT2D eigenvalue weighted by Crippen LogP contribution is -2.44. The van der Waals surface area contributed by atoms with Crippen molar-refractivity contribution < 1.29 is 18.7 Å². The highest BCUT2D eigenvalue weighted by Gasteiger charge is 2.26. The standard InChI is InChI=1S/C19H19ClFNO3/c1-2-9-22(19(23)15-8-7-13(21)10-16(15)20)11-14-12-24-17-5-3-4-6-18(17)25-14/h3-8,10,14H,2,9,11-12H2,1H3. The molecule has 0 aliphatic carbocycles. The number of nitrogens with zero attached hydrogens (tertiary/aromatic N) is 1. The zero-order valence-electron chi connectivity index (χ0n) is 13.9. The van der Waals surface area contributed by atoms with Crippen LogP contribution in [0, 0.1) is 5.82 Å². The number of fused-ring (bicyclic) bond motifs is 1. The van der Waals surface area contributed by atoms with E-state index in [1.165, 1.54) is 12.1 Å². The Morgan fingerprint density at radius 2 is 2.04 bits per heavy atom. The van der Waals surface area contributed by atoms with Crippen molar-refractivity contribution in [2.45, 2.75) is 19.4 Å². The molecule has 1 heterocycles. The molecule has 1 atom stereocenters. The van der Waals surface area contributed by atoms with Gasteiger partial charge in [0.2, 0.25) is 0 Å². The van der Waals surface area contributed by atoms with Gasteiger partial charge in [-0.05, 0) is 36.8 Å². The van der Waals surface area contributed by atoms with E-state index in [1.54, 1.807) is 4.90 Å². The Kier molecular flexibility index (Phi) is 5.43. The highest BCUT2D eigenvalue weighted by atomic mass is 35.5. The number of halogens is 2. The Bertz CT molecular complexity index is 768. The minimum Gasteiger partial charge on any atom is -0.486 e. The van der Waals surface area contributed by atoms with Gasteiger partial charge in [-0.25, -0.2) is 4.39 Å². The number of para-hydroxylation sites is 2. The Hall–Kier alpha value is -2.27. The molecule has 1 aliphatic rings. The topological polar surface area (TPSA) is 38.8 Å². The number of benzene rings is 2. The van der Waals surface area contributed by atoms with Crippen LogP contribution in [0.2, 0.25) is 5.02 Å². The minimum absolute atomic E-state index is 0.109. The molecular formula is C19H19ClFNO3. The van der Waals surface area contributed by atoms with E-state index in [9.17, 15) is 9.18 Å². The predicted octanol–water partition coefficient (Wildman–Crippen LogP) is 4.17. The summed E-state index contributed by atoms with van der Waals surface area (Å²) in [5.74, 6) is 0.662. The lowest BCUT2D eigenvalue weighted by molar-refractivity contribution is 0.0462. The summed E-state index contributed by atoms with van der Waals surface area (Å²) < 4.78 is 24.9. The van der Waals surface area contributed by atoms with E-state index in [0.29, 0.717) is 31.2 Å². The van der Waals surface area contributed by atoms with Crippen LogP contribution in [0.5, 0.6) is 11.5 Å². The van der Waals surface area contributed by atoms with Gasteiger partial charge in [0.25, 0.3) is 5.91 Å². The van der Waals surface area contributed by atoms with Crippen LogP contribution in [0.25, 0.3) is 0 Å². The smallest absolute Gasteiger partial charge is 0.255 e. The van der Waals surface area contributed by atoms with E-state index in [2.05, 4.69) is 0 Å². The average Bonchev–Trinajstić information content (AvgIpc) is 2.61. The first-order valence-corrected chi connectivity index (χ1v) is 8.59. The Morgan fingerprint density at radius 3 is 2.76 bits per heavy atom. The van der Waals surface area contributed by atoms with Gasteiger partial charge in [0, 0.05) is 6.54 Å². The normalized spacial score (nSPS) is 15.7. The molecule has 0 N–H and O–H groups in total. The van der Waals surface area contributed by atoms with Gasteiger partial charge in [0.15, 0.2) is 17.6 Å². The maximum absolute atomic E-state index is 13.2. The third-order valence-corrected chi connectivity index (χ3v) is 4.25. The van der Waals surface area contributed by atoms with Crippen LogP contribution >= 0.6 is 11.6 Å². The quantitative estimate of drug-likeness (QED) is 0.800. The molecule has 3 rings (SSSR count). The minimum atomic E-state index is -0.468. The molecule has 0 radical (unpaired) electrons. The van der Waals surface area contributed by atoms with Crippen LogP contribution in [-0.4, -0.2) is 36.6 Å². The molecule has 1 amide bonds. The number of hydrogen-bond donors (Lipinski definition) is 0. The molecule has 2 aromatic rings. The molecule has 1 unspecified atom stereocenters. The molecule has 4 nitrogen and oxygen atoms in total. The fourth-order valence-corrected chi connectivity index (χ4v) is 3.03. The molecule has 2 aromatic carbocycles. The maximum Gasteiger partial charge on any atom is 0.255 e. The maximum atomic E-state index is 13.2. The fraction of sp³-hybridized carbons (Fsp3) is 0.316. The van der Waals surface area contributed by atoms with Gasteiger partial charge in [-0.2, -0.15) is 0 Å². The van der Waals surface area contributed by atoms with E-state index in [-0.39, 0.29) is 22.6 Å². The van der Waals surface area contributed by atoms with Crippen molar-refractivity contribution in [2.75, 3.05) is 19.7 Å². The number of carbonyl (C=O) groups excluding carboxylic acids is 1. The van der Waals surface area contributed by atoms with Crippen LogP contribution in [0.3, 0.4) is 0 Å². The average molecular weight is 364 g/mol. The number of hydrogen-bond acceptors (Lipinski definition) is 3. The Balaban J connectivity index is 1.74. The molecule has 25 heavy (non-hydrogen) atoms. The van der Waals surface area contributed by atoms with E-state index in [1.807, 2.05) is 31.2 Å².